The molecule has 3 aromatic heterocycles. The van der Waals surface area contributed by atoms with Crippen LogP contribution in [-0.2, 0) is 5.41 Å². The van der Waals surface area contributed by atoms with Crippen LogP contribution in [-0.4, -0.2) is 14.5 Å². The summed E-state index contributed by atoms with van der Waals surface area (Å²) in [4.78, 5) is 11.3. The molecule has 2 aliphatic carbocycles. The predicted molar refractivity (Wildman–Crippen MR) is 254 cm³/mol. The van der Waals surface area contributed by atoms with Crippen LogP contribution >= 0.6 is 11.3 Å². The van der Waals surface area contributed by atoms with Crippen molar-refractivity contribution in [1.82, 2.24) is 14.5 Å². The first-order valence-corrected chi connectivity index (χ1v) is 21.7. The molecule has 0 radical (unpaired) electrons. The molecule has 0 fully saturated rings. The van der Waals surface area contributed by atoms with Crippen LogP contribution in [0.15, 0.2) is 200 Å². The Bertz CT molecular complexity index is 3780. The SMILES string of the molecule is c1ccc(-c2cccc(-c3nc(-n4c5cccc6c5c5c7c(cccc7c(-c7ccccc7)cc54)C64c5ccccc5-c5ccccc54)nc4c3sc3ccccc34)c2)cc1. The van der Waals surface area contributed by atoms with E-state index in [0.717, 1.165) is 43.5 Å². The smallest absolute Gasteiger partial charge is 0.235 e. The number of fused-ring (bicyclic) bond motifs is 10. The van der Waals surface area contributed by atoms with Gasteiger partial charge in [-0.2, -0.15) is 0 Å². The molecule has 3 heterocycles. The first kappa shape index (κ1) is 33.2. The van der Waals surface area contributed by atoms with Gasteiger partial charge in [-0.3, -0.25) is 4.57 Å². The summed E-state index contributed by atoms with van der Waals surface area (Å²) in [7, 11) is 0. The lowest BCUT2D eigenvalue weighted by Crippen LogP contribution is -2.30. The molecule has 0 N–H and O–H groups in total. The lowest BCUT2D eigenvalue weighted by atomic mass is 9.63. The van der Waals surface area contributed by atoms with Crippen molar-refractivity contribution in [3.05, 3.63) is 222 Å². The van der Waals surface area contributed by atoms with Crippen LogP contribution in [0.5, 0.6) is 0 Å². The van der Waals surface area contributed by atoms with Crippen molar-refractivity contribution in [2.45, 2.75) is 5.41 Å². The highest BCUT2D eigenvalue weighted by Crippen LogP contribution is 2.62. The second-order valence-corrected chi connectivity index (χ2v) is 17.4. The summed E-state index contributed by atoms with van der Waals surface area (Å²) >= 11 is 1.78. The molecular weight excluding hydrogens is 759 g/mol. The molecule has 12 aromatic rings. The normalized spacial score (nSPS) is 13.4. The molecule has 0 unspecified atom stereocenters. The van der Waals surface area contributed by atoms with Crippen LogP contribution in [0, 0.1) is 0 Å². The van der Waals surface area contributed by atoms with Gasteiger partial charge >= 0.3 is 0 Å². The maximum Gasteiger partial charge on any atom is 0.235 e. The van der Waals surface area contributed by atoms with Gasteiger partial charge < -0.3 is 0 Å². The third kappa shape index (κ3) is 4.31. The number of rotatable bonds is 4. The van der Waals surface area contributed by atoms with E-state index in [1.807, 2.05) is 0 Å². The van der Waals surface area contributed by atoms with E-state index >= 15 is 0 Å². The van der Waals surface area contributed by atoms with Crippen molar-refractivity contribution in [3.63, 3.8) is 0 Å². The van der Waals surface area contributed by atoms with Gasteiger partial charge in [0.2, 0.25) is 5.95 Å². The molecule has 0 aliphatic heterocycles. The lowest BCUT2D eigenvalue weighted by molar-refractivity contribution is 0.783. The van der Waals surface area contributed by atoms with Gasteiger partial charge in [-0.1, -0.05) is 176 Å². The number of thiophene rings is 1. The van der Waals surface area contributed by atoms with Crippen LogP contribution < -0.4 is 0 Å². The predicted octanol–water partition coefficient (Wildman–Crippen LogP) is 14.8. The van der Waals surface area contributed by atoms with Gasteiger partial charge in [-0.15, -0.1) is 11.3 Å². The molecule has 0 saturated heterocycles. The monoisotopic (exact) mass is 791 g/mol. The zero-order valence-corrected chi connectivity index (χ0v) is 33.6. The summed E-state index contributed by atoms with van der Waals surface area (Å²) in [5, 5.41) is 6.22. The molecule has 3 nitrogen and oxygen atoms in total. The Morgan fingerprint density at radius 3 is 1.77 bits per heavy atom. The Morgan fingerprint density at radius 1 is 0.393 bits per heavy atom. The third-order valence-corrected chi connectivity index (χ3v) is 14.6. The number of aromatic nitrogens is 3. The van der Waals surface area contributed by atoms with E-state index in [9.17, 15) is 0 Å². The Kier molecular flexibility index (Phi) is 6.64. The molecule has 0 atom stereocenters. The van der Waals surface area contributed by atoms with Crippen LogP contribution in [0.2, 0.25) is 0 Å². The van der Waals surface area contributed by atoms with E-state index in [2.05, 4.69) is 205 Å². The number of hydrogen-bond acceptors (Lipinski definition) is 3. The number of benzene rings is 9. The van der Waals surface area contributed by atoms with E-state index in [1.54, 1.807) is 11.3 Å². The second kappa shape index (κ2) is 12.2. The minimum absolute atomic E-state index is 0.523. The van der Waals surface area contributed by atoms with Gasteiger partial charge in [-0.05, 0) is 90.7 Å². The largest absolute Gasteiger partial charge is 0.278 e. The molecule has 1 spiro atoms. The molecule has 2 aliphatic rings. The minimum atomic E-state index is -0.523. The molecule has 61 heavy (non-hydrogen) atoms. The van der Waals surface area contributed by atoms with E-state index in [1.165, 1.54) is 76.3 Å². The van der Waals surface area contributed by atoms with E-state index < -0.39 is 5.41 Å². The van der Waals surface area contributed by atoms with Crippen molar-refractivity contribution >= 4 is 64.2 Å². The first-order valence-electron chi connectivity index (χ1n) is 20.9. The van der Waals surface area contributed by atoms with E-state index in [-0.39, 0.29) is 0 Å². The van der Waals surface area contributed by atoms with Crippen LogP contribution in [0.1, 0.15) is 22.3 Å². The molecule has 0 amide bonds. The fourth-order valence-electron chi connectivity index (χ4n) is 11.0. The number of hydrogen-bond donors (Lipinski definition) is 0. The van der Waals surface area contributed by atoms with Crippen LogP contribution in [0.25, 0.3) is 103 Å². The molecule has 9 aromatic carbocycles. The summed E-state index contributed by atoms with van der Waals surface area (Å²) in [6, 6.07) is 73.5. The van der Waals surface area contributed by atoms with Gasteiger partial charge in [0, 0.05) is 26.4 Å². The molecule has 14 rings (SSSR count). The lowest BCUT2D eigenvalue weighted by Gasteiger charge is -2.38. The molecule has 4 heteroatoms. The summed E-state index contributed by atoms with van der Waals surface area (Å²) in [5.74, 6) is 0.673. The minimum Gasteiger partial charge on any atom is -0.278 e. The maximum atomic E-state index is 5.70. The highest BCUT2D eigenvalue weighted by atomic mass is 32.1. The highest BCUT2D eigenvalue weighted by molar-refractivity contribution is 7.26. The van der Waals surface area contributed by atoms with Crippen molar-refractivity contribution in [3.8, 4) is 50.6 Å². The fraction of sp³-hybridized carbons (Fsp3) is 0.0175. The summed E-state index contributed by atoms with van der Waals surface area (Å²) < 4.78 is 4.67. The maximum absolute atomic E-state index is 5.70. The molecule has 0 saturated carbocycles. The summed E-state index contributed by atoms with van der Waals surface area (Å²) in [5.41, 5.74) is 17.3. The van der Waals surface area contributed by atoms with E-state index in [0.29, 0.717) is 5.95 Å². The Labute approximate surface area is 355 Å². The summed E-state index contributed by atoms with van der Waals surface area (Å²) in [6.45, 7) is 0. The van der Waals surface area contributed by atoms with Crippen molar-refractivity contribution in [2.24, 2.45) is 0 Å². The molecule has 282 valence electrons. The zero-order valence-electron chi connectivity index (χ0n) is 32.8. The van der Waals surface area contributed by atoms with Crippen molar-refractivity contribution in [1.29, 1.82) is 0 Å². The average Bonchev–Trinajstić information content (AvgIpc) is 3.98. The van der Waals surface area contributed by atoms with Gasteiger partial charge in [0.25, 0.3) is 0 Å². The molecular formula is C57H33N3S. The summed E-state index contributed by atoms with van der Waals surface area (Å²) in [6.07, 6.45) is 0. The van der Waals surface area contributed by atoms with Gasteiger partial charge in [0.05, 0.1) is 32.4 Å². The third-order valence-electron chi connectivity index (χ3n) is 13.4. The zero-order chi connectivity index (χ0) is 39.8. The molecule has 0 bridgehead atoms. The Morgan fingerprint density at radius 2 is 0.984 bits per heavy atom. The quantitative estimate of drug-likeness (QED) is 0.178. The fourth-order valence-corrected chi connectivity index (χ4v) is 12.2. The van der Waals surface area contributed by atoms with Crippen molar-refractivity contribution < 1.29 is 0 Å². The van der Waals surface area contributed by atoms with Gasteiger partial charge in [0.1, 0.15) is 0 Å². The second-order valence-electron chi connectivity index (χ2n) is 16.4. The topological polar surface area (TPSA) is 30.7 Å². The average molecular weight is 792 g/mol. The van der Waals surface area contributed by atoms with Crippen LogP contribution in [0.3, 0.4) is 0 Å². The Hall–Kier alpha value is -7.66. The van der Waals surface area contributed by atoms with Gasteiger partial charge in [0.15, 0.2) is 0 Å². The Balaban J connectivity index is 1.16. The highest BCUT2D eigenvalue weighted by Gasteiger charge is 2.50. The van der Waals surface area contributed by atoms with Crippen LogP contribution in [0.4, 0.5) is 0 Å². The van der Waals surface area contributed by atoms with E-state index in [4.69, 9.17) is 9.97 Å². The van der Waals surface area contributed by atoms with Crippen molar-refractivity contribution in [2.75, 3.05) is 0 Å². The standard InChI is InChI=1S/C57H33N3S/c1-3-16-34(17-4-1)36-20-13-21-37(32-36)53-55-54(41-24-9-12-31-49(41)61-55)59-56(58-53)60-47-30-15-29-46-51(47)52-48(60)33-42(35-18-5-2-6-19-35)40-25-14-28-45(50(40)52)57(46)43-26-10-7-22-38(43)39-23-8-11-27-44(39)57/h1-33H. The number of nitrogens with zero attached hydrogens (tertiary/aromatic N) is 3. The first-order chi connectivity index (χ1) is 30.3. The van der Waals surface area contributed by atoms with Gasteiger partial charge in [-0.25, -0.2) is 9.97 Å².